The minimum atomic E-state index is -4.35. The van der Waals surface area contributed by atoms with Crippen molar-refractivity contribution in [3.8, 4) is 5.69 Å². The van der Waals surface area contributed by atoms with Gasteiger partial charge in [-0.25, -0.2) is 4.68 Å². The second-order valence-corrected chi connectivity index (χ2v) is 7.00. The number of carbonyl (C=O) groups is 1. The number of nitrogens with one attached hydrogen (secondary N) is 1. The van der Waals surface area contributed by atoms with Gasteiger partial charge in [-0.05, 0) is 43.7 Å². The number of likely N-dealkylation sites (N-methyl/N-ethyl adjacent to an activating group) is 1. The SMILES string of the molecule is CCN(CC(=O)O)C1CC(NCc2cnn(-c3ccc(C(F)(F)F)cc3)c2)C1. The maximum Gasteiger partial charge on any atom is 0.416 e. The highest BCUT2D eigenvalue weighted by molar-refractivity contribution is 5.69. The van der Waals surface area contributed by atoms with Crippen molar-refractivity contribution in [1.29, 1.82) is 0 Å². The van der Waals surface area contributed by atoms with Crippen molar-refractivity contribution in [3.05, 3.63) is 47.8 Å². The van der Waals surface area contributed by atoms with Crippen LogP contribution in [-0.2, 0) is 17.5 Å². The monoisotopic (exact) mass is 396 g/mol. The third kappa shape index (κ3) is 4.90. The zero-order valence-corrected chi connectivity index (χ0v) is 15.5. The maximum absolute atomic E-state index is 12.6. The third-order valence-electron chi connectivity index (χ3n) is 5.06. The Morgan fingerprint density at radius 3 is 2.57 bits per heavy atom. The average molecular weight is 396 g/mol. The van der Waals surface area contributed by atoms with E-state index in [4.69, 9.17) is 5.11 Å². The van der Waals surface area contributed by atoms with Gasteiger partial charge in [-0.1, -0.05) is 6.92 Å². The van der Waals surface area contributed by atoms with Crippen molar-refractivity contribution in [2.45, 2.75) is 44.6 Å². The number of aliphatic carboxylic acids is 1. The molecule has 0 amide bonds. The van der Waals surface area contributed by atoms with E-state index in [9.17, 15) is 18.0 Å². The van der Waals surface area contributed by atoms with Gasteiger partial charge in [-0.3, -0.25) is 9.69 Å². The van der Waals surface area contributed by atoms with Crippen LogP contribution in [0.5, 0.6) is 0 Å². The second kappa shape index (κ2) is 8.32. The van der Waals surface area contributed by atoms with Gasteiger partial charge < -0.3 is 10.4 Å². The highest BCUT2D eigenvalue weighted by Crippen LogP contribution is 2.29. The Bertz CT molecular complexity index is 798. The molecular weight excluding hydrogens is 373 g/mol. The lowest BCUT2D eigenvalue weighted by Gasteiger charge is -2.42. The molecule has 9 heteroatoms. The van der Waals surface area contributed by atoms with Crippen molar-refractivity contribution < 1.29 is 23.1 Å². The van der Waals surface area contributed by atoms with E-state index in [-0.39, 0.29) is 12.6 Å². The summed E-state index contributed by atoms with van der Waals surface area (Å²) >= 11 is 0. The molecule has 1 heterocycles. The summed E-state index contributed by atoms with van der Waals surface area (Å²) in [5, 5.41) is 16.6. The van der Waals surface area contributed by atoms with E-state index in [1.54, 1.807) is 17.1 Å². The van der Waals surface area contributed by atoms with Gasteiger partial charge in [-0.2, -0.15) is 18.3 Å². The first-order chi connectivity index (χ1) is 13.3. The van der Waals surface area contributed by atoms with Gasteiger partial charge >= 0.3 is 12.1 Å². The topological polar surface area (TPSA) is 70.4 Å². The van der Waals surface area contributed by atoms with Gasteiger partial charge in [0, 0.05) is 30.4 Å². The molecule has 0 saturated heterocycles. The number of alkyl halides is 3. The van der Waals surface area contributed by atoms with Crippen LogP contribution >= 0.6 is 0 Å². The first kappa shape index (κ1) is 20.3. The summed E-state index contributed by atoms with van der Waals surface area (Å²) in [5.74, 6) is -0.811. The summed E-state index contributed by atoms with van der Waals surface area (Å²) in [4.78, 5) is 12.8. The fraction of sp³-hybridized carbons (Fsp3) is 0.474. The molecule has 152 valence electrons. The van der Waals surface area contributed by atoms with E-state index < -0.39 is 17.7 Å². The van der Waals surface area contributed by atoms with Crippen LogP contribution in [-0.4, -0.2) is 50.9 Å². The molecule has 0 atom stereocenters. The van der Waals surface area contributed by atoms with Crippen LogP contribution in [0.15, 0.2) is 36.7 Å². The molecule has 6 nitrogen and oxygen atoms in total. The number of nitrogens with zero attached hydrogens (tertiary/aromatic N) is 3. The number of rotatable bonds is 8. The highest BCUT2D eigenvalue weighted by Gasteiger charge is 2.33. The summed E-state index contributed by atoms with van der Waals surface area (Å²) in [6.07, 6.45) is 0.913. The van der Waals surface area contributed by atoms with Crippen LogP contribution < -0.4 is 5.32 Å². The largest absolute Gasteiger partial charge is 0.480 e. The van der Waals surface area contributed by atoms with Crippen molar-refractivity contribution in [2.75, 3.05) is 13.1 Å². The van der Waals surface area contributed by atoms with Crippen molar-refractivity contribution >= 4 is 5.97 Å². The Balaban J connectivity index is 1.49. The molecule has 28 heavy (non-hydrogen) atoms. The molecule has 2 N–H and O–H groups in total. The predicted molar refractivity (Wildman–Crippen MR) is 97.1 cm³/mol. The van der Waals surface area contributed by atoms with E-state index in [1.165, 1.54) is 12.1 Å². The van der Waals surface area contributed by atoms with Crippen LogP contribution in [0.3, 0.4) is 0 Å². The smallest absolute Gasteiger partial charge is 0.416 e. The number of hydrogen-bond acceptors (Lipinski definition) is 4. The average Bonchev–Trinajstić information content (AvgIpc) is 3.07. The second-order valence-electron chi connectivity index (χ2n) is 7.00. The van der Waals surface area contributed by atoms with Crippen LogP contribution in [0.25, 0.3) is 5.69 Å². The zero-order valence-electron chi connectivity index (χ0n) is 15.5. The Morgan fingerprint density at radius 2 is 2.00 bits per heavy atom. The summed E-state index contributed by atoms with van der Waals surface area (Å²) in [7, 11) is 0. The van der Waals surface area contributed by atoms with Crippen molar-refractivity contribution in [2.24, 2.45) is 0 Å². The molecule has 1 aliphatic rings. The Hall–Kier alpha value is -2.39. The highest BCUT2D eigenvalue weighted by atomic mass is 19.4. The molecule has 0 spiro atoms. The lowest BCUT2D eigenvalue weighted by Crippen LogP contribution is -2.53. The van der Waals surface area contributed by atoms with Gasteiger partial charge in [0.25, 0.3) is 0 Å². The van der Waals surface area contributed by atoms with E-state index in [0.717, 1.165) is 30.5 Å². The number of aromatic nitrogens is 2. The first-order valence-electron chi connectivity index (χ1n) is 9.16. The van der Waals surface area contributed by atoms with Crippen LogP contribution in [0.2, 0.25) is 0 Å². The Kier molecular flexibility index (Phi) is 6.04. The number of benzene rings is 1. The number of carboxylic acid groups (broad SMARTS) is 1. The zero-order chi connectivity index (χ0) is 20.3. The molecule has 0 bridgehead atoms. The molecule has 0 aliphatic heterocycles. The molecule has 3 rings (SSSR count). The van der Waals surface area contributed by atoms with Gasteiger partial charge in [0.2, 0.25) is 0 Å². The minimum absolute atomic E-state index is 0.0633. The summed E-state index contributed by atoms with van der Waals surface area (Å²) < 4.78 is 39.5. The van der Waals surface area contributed by atoms with Crippen LogP contribution in [0, 0.1) is 0 Å². The van der Waals surface area contributed by atoms with Crippen LogP contribution in [0.1, 0.15) is 30.9 Å². The first-order valence-corrected chi connectivity index (χ1v) is 9.16. The summed E-state index contributed by atoms with van der Waals surface area (Å²) in [5.41, 5.74) is 0.810. The van der Waals surface area contributed by atoms with Gasteiger partial charge in [0.05, 0.1) is 24.0 Å². The van der Waals surface area contributed by atoms with Crippen LogP contribution in [0.4, 0.5) is 13.2 Å². The molecule has 1 aliphatic carbocycles. The van der Waals surface area contributed by atoms with E-state index in [2.05, 4.69) is 10.4 Å². The third-order valence-corrected chi connectivity index (χ3v) is 5.06. The molecular formula is C19H23F3N4O2. The lowest BCUT2D eigenvalue weighted by atomic mass is 9.85. The van der Waals surface area contributed by atoms with Crippen molar-refractivity contribution in [3.63, 3.8) is 0 Å². The molecule has 0 radical (unpaired) electrons. The quantitative estimate of drug-likeness (QED) is 0.718. The normalized spacial score (nSPS) is 19.6. The van der Waals surface area contributed by atoms with E-state index in [1.807, 2.05) is 11.8 Å². The molecule has 2 aromatic rings. The number of hydrogen-bond donors (Lipinski definition) is 2. The molecule has 1 fully saturated rings. The van der Waals surface area contributed by atoms with Gasteiger partial charge in [-0.15, -0.1) is 0 Å². The fourth-order valence-electron chi connectivity index (χ4n) is 3.38. The number of carboxylic acids is 1. The lowest BCUT2D eigenvalue weighted by molar-refractivity contribution is -0.139. The standard InChI is InChI=1S/C19H23F3N4O2/c1-2-25(12-18(27)28)17-7-15(8-17)23-9-13-10-24-26(11-13)16-5-3-14(4-6-16)19(20,21)22/h3-6,10-11,15,17,23H,2,7-9,12H2,1H3,(H,27,28). The Morgan fingerprint density at radius 1 is 1.32 bits per heavy atom. The van der Waals surface area contributed by atoms with E-state index >= 15 is 0 Å². The van der Waals surface area contributed by atoms with Gasteiger partial charge in [0.1, 0.15) is 0 Å². The minimum Gasteiger partial charge on any atom is -0.480 e. The van der Waals surface area contributed by atoms with E-state index in [0.29, 0.717) is 24.8 Å². The summed E-state index contributed by atoms with van der Waals surface area (Å²) in [6, 6.07) is 5.48. The number of halogens is 3. The molecule has 1 saturated carbocycles. The maximum atomic E-state index is 12.6. The molecule has 0 unspecified atom stereocenters. The molecule has 1 aromatic carbocycles. The fourth-order valence-corrected chi connectivity index (χ4v) is 3.38. The van der Waals surface area contributed by atoms with Gasteiger partial charge in [0.15, 0.2) is 0 Å². The Labute approximate surface area is 161 Å². The molecule has 1 aromatic heterocycles. The predicted octanol–water partition coefficient (Wildman–Crippen LogP) is 2.92. The van der Waals surface area contributed by atoms with Crippen molar-refractivity contribution in [1.82, 2.24) is 20.0 Å². The summed E-state index contributed by atoms with van der Waals surface area (Å²) in [6.45, 7) is 3.33.